The molecule has 0 heterocycles. The van der Waals surface area contributed by atoms with Gasteiger partial charge >= 0.3 is 11.9 Å². The summed E-state index contributed by atoms with van der Waals surface area (Å²) in [6.07, 6.45) is 0.169. The lowest BCUT2D eigenvalue weighted by Crippen LogP contribution is -2.01. The lowest BCUT2D eigenvalue weighted by molar-refractivity contribution is 0.0687. The maximum Gasteiger partial charge on any atom is 0.337 e. The number of benzene rings is 4. The number of hydrogen-bond donors (Lipinski definition) is 6. The predicted molar refractivity (Wildman–Crippen MR) is 149 cm³/mol. The zero-order valence-corrected chi connectivity index (χ0v) is 22.5. The Bertz CT molecular complexity index is 1920. The Balaban J connectivity index is 1.59. The molecule has 0 bridgehead atoms. The van der Waals surface area contributed by atoms with Crippen molar-refractivity contribution in [1.82, 2.24) is 0 Å². The maximum absolute atomic E-state index is 12.0. The number of carbonyl (C=O) groups is 2. The minimum atomic E-state index is -4.39. The molecule has 0 aliphatic heterocycles. The number of azo groups is 2. The number of hydrogen-bond acceptors (Lipinski definition) is 12. The van der Waals surface area contributed by atoms with Crippen molar-refractivity contribution in [1.29, 1.82) is 5.53 Å². The molecule has 0 aliphatic carbocycles. The highest BCUT2D eigenvalue weighted by molar-refractivity contribution is 7.85. The molecule has 4 aromatic carbocycles. The molecular formula is C27H20N6O9S. The molecular weight excluding hydrogens is 584 g/mol. The molecule has 0 fully saturated rings. The summed E-state index contributed by atoms with van der Waals surface area (Å²) in [6.45, 7) is 0. The SMILES string of the molecule is N=Nc1ccc(Cc2ccc(N=Nc3cc(N=Nc4ccc(S(=O)(=O)O)cc4)c(O)cc3O)c(C(=O)O)c2)cc1C(=O)O. The van der Waals surface area contributed by atoms with E-state index >= 15 is 0 Å². The summed E-state index contributed by atoms with van der Waals surface area (Å²) in [5, 5.41) is 58.2. The largest absolute Gasteiger partial charge is 0.505 e. The van der Waals surface area contributed by atoms with E-state index in [1.54, 1.807) is 12.1 Å². The predicted octanol–water partition coefficient (Wildman–Crippen LogP) is 6.82. The molecule has 0 saturated heterocycles. The Morgan fingerprint density at radius 3 is 1.65 bits per heavy atom. The van der Waals surface area contributed by atoms with Crippen LogP contribution in [0.1, 0.15) is 31.8 Å². The van der Waals surface area contributed by atoms with Crippen molar-refractivity contribution in [3.8, 4) is 11.5 Å². The second kappa shape index (κ2) is 12.3. The summed E-state index contributed by atoms with van der Waals surface area (Å²) in [6, 6.07) is 15.4. The number of aromatic hydroxyl groups is 2. The first-order chi connectivity index (χ1) is 20.3. The van der Waals surface area contributed by atoms with Crippen LogP contribution in [0.15, 0.2) is 103 Å². The third-order valence-corrected chi connectivity index (χ3v) is 6.72. The molecule has 0 saturated carbocycles. The van der Waals surface area contributed by atoms with Gasteiger partial charge in [-0.1, -0.05) is 12.1 Å². The fourth-order valence-corrected chi connectivity index (χ4v) is 4.25. The minimum Gasteiger partial charge on any atom is -0.505 e. The molecule has 6 N–H and O–H groups in total. The van der Waals surface area contributed by atoms with Crippen LogP contribution in [0.2, 0.25) is 0 Å². The molecule has 0 aromatic heterocycles. The molecule has 16 heteroatoms. The normalized spacial score (nSPS) is 11.7. The minimum absolute atomic E-state index is 0.0188. The van der Waals surface area contributed by atoms with Gasteiger partial charge in [-0.25, -0.2) is 15.1 Å². The van der Waals surface area contributed by atoms with Gasteiger partial charge in [-0.2, -0.15) is 18.6 Å². The number of carboxylic acids is 2. The third-order valence-electron chi connectivity index (χ3n) is 5.86. The number of phenolic OH excluding ortho intramolecular Hbond substituents is 2. The Morgan fingerprint density at radius 1 is 0.651 bits per heavy atom. The quantitative estimate of drug-likeness (QED) is 0.0817. The standard InChI is InChI=1S/C27H20N6O9S/c28-29-20-7-1-14(10-18(20)26(36)37)9-15-2-8-21(19(11-15)27(38)39)31-33-23-12-22(24(34)13-25(23)35)32-30-16-3-5-17(6-4-16)43(40,41)42/h1-8,10-13,28,34-35H,9H2,(H,36,37)(H,38,39)(H,40,41,42). The zero-order valence-electron chi connectivity index (χ0n) is 21.6. The van der Waals surface area contributed by atoms with Crippen LogP contribution in [-0.2, 0) is 16.5 Å². The second-order valence-electron chi connectivity index (χ2n) is 8.80. The van der Waals surface area contributed by atoms with E-state index < -0.39 is 33.6 Å². The van der Waals surface area contributed by atoms with Crippen molar-refractivity contribution >= 4 is 50.5 Å². The summed E-state index contributed by atoms with van der Waals surface area (Å²) in [5.74, 6) is -3.55. The summed E-state index contributed by atoms with van der Waals surface area (Å²) in [7, 11) is -4.39. The van der Waals surface area contributed by atoms with Crippen LogP contribution in [-0.4, -0.2) is 45.3 Å². The van der Waals surface area contributed by atoms with Crippen molar-refractivity contribution in [3.63, 3.8) is 0 Å². The molecule has 4 aromatic rings. The van der Waals surface area contributed by atoms with Crippen molar-refractivity contribution < 1.29 is 43.0 Å². The number of carboxylic acid groups (broad SMARTS) is 2. The fourth-order valence-electron chi connectivity index (χ4n) is 3.77. The average Bonchev–Trinajstić information content (AvgIpc) is 2.96. The smallest absolute Gasteiger partial charge is 0.337 e. The van der Waals surface area contributed by atoms with Gasteiger partial charge in [0.25, 0.3) is 10.1 Å². The number of nitrogens with one attached hydrogen (secondary N) is 1. The van der Waals surface area contributed by atoms with Crippen molar-refractivity contribution in [3.05, 3.63) is 95.1 Å². The van der Waals surface area contributed by atoms with E-state index in [1.807, 2.05) is 0 Å². The third kappa shape index (κ3) is 7.26. The first-order valence-corrected chi connectivity index (χ1v) is 13.4. The Morgan fingerprint density at radius 2 is 1.14 bits per heavy atom. The van der Waals surface area contributed by atoms with Crippen LogP contribution < -0.4 is 0 Å². The molecule has 0 amide bonds. The van der Waals surface area contributed by atoms with E-state index in [1.165, 1.54) is 36.4 Å². The van der Waals surface area contributed by atoms with Gasteiger partial charge in [0.2, 0.25) is 0 Å². The summed E-state index contributed by atoms with van der Waals surface area (Å²) in [5.41, 5.74) is 7.51. The van der Waals surface area contributed by atoms with Gasteiger partial charge in [0.1, 0.15) is 28.6 Å². The van der Waals surface area contributed by atoms with Gasteiger partial charge in [0.15, 0.2) is 0 Å². The lowest BCUT2D eigenvalue weighted by Gasteiger charge is -2.08. The van der Waals surface area contributed by atoms with Crippen LogP contribution in [0.3, 0.4) is 0 Å². The van der Waals surface area contributed by atoms with E-state index in [0.717, 1.165) is 24.3 Å². The van der Waals surface area contributed by atoms with Gasteiger partial charge < -0.3 is 20.4 Å². The van der Waals surface area contributed by atoms with Gasteiger partial charge in [-0.3, -0.25) is 4.55 Å². The summed E-state index contributed by atoms with van der Waals surface area (Å²) >= 11 is 0. The molecule has 0 spiro atoms. The fraction of sp³-hybridized carbons (Fsp3) is 0.0370. The molecule has 0 unspecified atom stereocenters. The maximum atomic E-state index is 12.0. The van der Waals surface area contributed by atoms with Gasteiger partial charge in [0, 0.05) is 12.1 Å². The molecule has 15 nitrogen and oxygen atoms in total. The van der Waals surface area contributed by atoms with Crippen LogP contribution in [0.4, 0.5) is 28.4 Å². The molecule has 0 atom stereocenters. The number of rotatable bonds is 10. The first-order valence-electron chi connectivity index (χ1n) is 11.9. The first kappa shape index (κ1) is 30.1. The second-order valence-corrected chi connectivity index (χ2v) is 10.2. The topological polar surface area (TPSA) is 255 Å². The van der Waals surface area contributed by atoms with E-state index in [9.17, 15) is 38.4 Å². The highest BCUT2D eigenvalue weighted by atomic mass is 32.2. The van der Waals surface area contributed by atoms with Crippen molar-refractivity contribution in [2.45, 2.75) is 11.3 Å². The van der Waals surface area contributed by atoms with Crippen LogP contribution in [0, 0.1) is 5.53 Å². The Hall–Kier alpha value is -5.87. The van der Waals surface area contributed by atoms with Crippen LogP contribution in [0.25, 0.3) is 0 Å². The molecule has 218 valence electrons. The molecule has 4 rings (SSSR count). The highest BCUT2D eigenvalue weighted by Gasteiger charge is 2.15. The van der Waals surface area contributed by atoms with Crippen LogP contribution in [0.5, 0.6) is 11.5 Å². The zero-order chi connectivity index (χ0) is 31.3. The van der Waals surface area contributed by atoms with Gasteiger partial charge in [-0.15, -0.1) is 15.3 Å². The number of aromatic carboxylic acids is 2. The van der Waals surface area contributed by atoms with Crippen molar-refractivity contribution in [2.24, 2.45) is 25.6 Å². The monoisotopic (exact) mass is 604 g/mol. The average molecular weight is 605 g/mol. The van der Waals surface area contributed by atoms with Gasteiger partial charge in [0.05, 0.1) is 27.4 Å². The molecule has 0 radical (unpaired) electrons. The number of nitrogens with zero attached hydrogens (tertiary/aromatic N) is 5. The molecule has 0 aliphatic rings. The molecule has 43 heavy (non-hydrogen) atoms. The number of phenols is 2. The summed E-state index contributed by atoms with van der Waals surface area (Å²) in [4.78, 5) is 23.1. The van der Waals surface area contributed by atoms with Crippen LogP contribution >= 0.6 is 0 Å². The summed E-state index contributed by atoms with van der Waals surface area (Å²) < 4.78 is 31.4. The van der Waals surface area contributed by atoms with E-state index in [-0.39, 0.29) is 50.9 Å². The van der Waals surface area contributed by atoms with Crippen molar-refractivity contribution in [2.75, 3.05) is 0 Å². The van der Waals surface area contributed by atoms with E-state index in [0.29, 0.717) is 11.1 Å². The van der Waals surface area contributed by atoms with E-state index in [4.69, 9.17) is 10.1 Å². The van der Waals surface area contributed by atoms with Gasteiger partial charge in [-0.05, 0) is 66.1 Å². The van der Waals surface area contributed by atoms with E-state index in [2.05, 4.69) is 25.6 Å². The lowest BCUT2D eigenvalue weighted by atomic mass is 9.99. The highest BCUT2D eigenvalue weighted by Crippen LogP contribution is 2.40. The Kier molecular flexibility index (Phi) is 8.63. The Labute approximate surface area is 242 Å².